The van der Waals surface area contributed by atoms with Gasteiger partial charge in [0.2, 0.25) is 0 Å². The van der Waals surface area contributed by atoms with Gasteiger partial charge in [-0.2, -0.15) is 0 Å². The number of hydrogen-bond donors (Lipinski definition) is 0. The lowest BCUT2D eigenvalue weighted by molar-refractivity contribution is -0.153. The van der Waals surface area contributed by atoms with Gasteiger partial charge in [0.05, 0.1) is 0 Å². The van der Waals surface area contributed by atoms with Crippen LogP contribution < -0.4 is 0 Å². The maximum Gasteiger partial charge on any atom is 0.303 e. The van der Waals surface area contributed by atoms with Crippen LogP contribution >= 0.6 is 0 Å². The Balaban J connectivity index is 2.26. The fourth-order valence-corrected chi connectivity index (χ4v) is 2.43. The van der Waals surface area contributed by atoms with Gasteiger partial charge in [0.1, 0.15) is 12.2 Å². The summed E-state index contributed by atoms with van der Waals surface area (Å²) in [4.78, 5) is 22.9. The second-order valence-electron chi connectivity index (χ2n) is 5.25. The molecule has 4 heteroatoms. The third-order valence-corrected chi connectivity index (χ3v) is 3.39. The summed E-state index contributed by atoms with van der Waals surface area (Å²) in [5, 5.41) is 0. The van der Waals surface area contributed by atoms with Gasteiger partial charge in [-0.3, -0.25) is 9.59 Å². The van der Waals surface area contributed by atoms with E-state index in [1.807, 2.05) is 60.7 Å². The zero-order valence-corrected chi connectivity index (χ0v) is 13.3. The molecule has 2 atom stereocenters. The van der Waals surface area contributed by atoms with Crippen molar-refractivity contribution in [2.45, 2.75) is 32.5 Å². The number of esters is 2. The van der Waals surface area contributed by atoms with Crippen LogP contribution in [0.4, 0.5) is 0 Å². The van der Waals surface area contributed by atoms with Crippen molar-refractivity contribution in [1.82, 2.24) is 0 Å². The molecule has 0 unspecified atom stereocenters. The number of hydrogen-bond acceptors (Lipinski definition) is 4. The van der Waals surface area contributed by atoms with Crippen molar-refractivity contribution in [2.75, 3.05) is 0 Å². The largest absolute Gasteiger partial charge is 0.458 e. The minimum Gasteiger partial charge on any atom is -0.458 e. The normalized spacial score (nSPS) is 13.0. The summed E-state index contributed by atoms with van der Waals surface area (Å²) < 4.78 is 10.9. The maximum atomic E-state index is 11.4. The molecule has 0 aromatic heterocycles. The first kappa shape index (κ1) is 16.7. The molecule has 0 amide bonds. The Morgan fingerprint density at radius 2 is 1.09 bits per heavy atom. The quantitative estimate of drug-likeness (QED) is 0.757. The molecule has 0 spiro atoms. The molecular formula is C19H20O4. The summed E-state index contributed by atoms with van der Waals surface area (Å²) in [5.74, 6) is -0.734. The first-order chi connectivity index (χ1) is 11.1. The van der Waals surface area contributed by atoms with Gasteiger partial charge < -0.3 is 9.47 Å². The van der Waals surface area contributed by atoms with Crippen LogP contribution in [-0.2, 0) is 19.1 Å². The number of ether oxygens (including phenoxy) is 2. The molecule has 0 heterocycles. The highest BCUT2D eigenvalue weighted by Crippen LogP contribution is 2.32. The number of carbonyl (C=O) groups excluding carboxylic acids is 2. The molecule has 2 aromatic rings. The Bertz CT molecular complexity index is 579. The van der Waals surface area contributed by atoms with E-state index < -0.39 is 12.2 Å². The molecule has 0 bridgehead atoms. The molecule has 0 aliphatic carbocycles. The van der Waals surface area contributed by atoms with Gasteiger partial charge in [0, 0.05) is 20.3 Å². The SMILES string of the molecule is CC(=O)O[C@H](C[C@@H](OC(C)=O)c1ccccc1)c1ccccc1. The van der Waals surface area contributed by atoms with E-state index in [2.05, 4.69) is 0 Å². The van der Waals surface area contributed by atoms with Gasteiger partial charge in [-0.05, 0) is 11.1 Å². The molecule has 0 fully saturated rings. The molecule has 0 saturated carbocycles. The molecule has 23 heavy (non-hydrogen) atoms. The van der Waals surface area contributed by atoms with Crippen molar-refractivity contribution < 1.29 is 19.1 Å². The van der Waals surface area contributed by atoms with Crippen molar-refractivity contribution in [3.8, 4) is 0 Å². The topological polar surface area (TPSA) is 52.6 Å². The molecule has 0 aliphatic heterocycles. The van der Waals surface area contributed by atoms with E-state index in [-0.39, 0.29) is 11.9 Å². The molecule has 0 radical (unpaired) electrons. The molecule has 2 rings (SSSR count). The Labute approximate surface area is 136 Å². The number of benzene rings is 2. The van der Waals surface area contributed by atoms with E-state index in [0.717, 1.165) is 11.1 Å². The van der Waals surface area contributed by atoms with Crippen LogP contribution in [0, 0.1) is 0 Å². The first-order valence-electron chi connectivity index (χ1n) is 7.50. The Morgan fingerprint density at radius 3 is 1.39 bits per heavy atom. The fourth-order valence-electron chi connectivity index (χ4n) is 2.43. The van der Waals surface area contributed by atoms with Crippen molar-refractivity contribution in [3.63, 3.8) is 0 Å². The lowest BCUT2D eigenvalue weighted by atomic mass is 9.98. The van der Waals surface area contributed by atoms with Gasteiger partial charge in [-0.15, -0.1) is 0 Å². The van der Waals surface area contributed by atoms with E-state index >= 15 is 0 Å². The van der Waals surface area contributed by atoms with E-state index in [4.69, 9.17) is 9.47 Å². The summed E-state index contributed by atoms with van der Waals surface area (Å²) in [5.41, 5.74) is 1.74. The molecule has 4 nitrogen and oxygen atoms in total. The highest BCUT2D eigenvalue weighted by atomic mass is 16.6. The van der Waals surface area contributed by atoms with Crippen molar-refractivity contribution in [1.29, 1.82) is 0 Å². The lowest BCUT2D eigenvalue weighted by Crippen LogP contribution is -2.16. The third-order valence-electron chi connectivity index (χ3n) is 3.39. The van der Waals surface area contributed by atoms with E-state index in [1.165, 1.54) is 13.8 Å². The zero-order valence-electron chi connectivity index (χ0n) is 13.3. The second kappa shape index (κ2) is 8.13. The smallest absolute Gasteiger partial charge is 0.303 e. The van der Waals surface area contributed by atoms with Crippen LogP contribution in [0.25, 0.3) is 0 Å². The third kappa shape index (κ3) is 5.25. The van der Waals surface area contributed by atoms with Gasteiger partial charge in [0.25, 0.3) is 0 Å². The second-order valence-corrected chi connectivity index (χ2v) is 5.25. The van der Waals surface area contributed by atoms with Crippen LogP contribution in [0.1, 0.15) is 43.6 Å². The minimum atomic E-state index is -0.474. The van der Waals surface area contributed by atoms with E-state index in [0.29, 0.717) is 6.42 Å². The van der Waals surface area contributed by atoms with Crippen LogP contribution in [0.15, 0.2) is 60.7 Å². The molecule has 120 valence electrons. The van der Waals surface area contributed by atoms with Crippen LogP contribution in [0.3, 0.4) is 0 Å². The highest BCUT2D eigenvalue weighted by molar-refractivity contribution is 5.67. The van der Waals surface area contributed by atoms with Crippen molar-refractivity contribution in [3.05, 3.63) is 71.8 Å². The van der Waals surface area contributed by atoms with Gasteiger partial charge >= 0.3 is 11.9 Å². The Morgan fingerprint density at radius 1 is 0.739 bits per heavy atom. The van der Waals surface area contributed by atoms with Crippen LogP contribution in [-0.4, -0.2) is 11.9 Å². The van der Waals surface area contributed by atoms with E-state index in [1.54, 1.807) is 0 Å². The zero-order chi connectivity index (χ0) is 16.7. The molecule has 0 saturated heterocycles. The van der Waals surface area contributed by atoms with Crippen LogP contribution in [0.5, 0.6) is 0 Å². The fraction of sp³-hybridized carbons (Fsp3) is 0.263. The van der Waals surface area contributed by atoms with E-state index in [9.17, 15) is 9.59 Å². The van der Waals surface area contributed by atoms with Gasteiger partial charge in [-0.25, -0.2) is 0 Å². The average molecular weight is 312 g/mol. The predicted octanol–water partition coefficient (Wildman–Crippen LogP) is 3.99. The Kier molecular flexibility index (Phi) is 5.92. The predicted molar refractivity (Wildman–Crippen MR) is 86.5 cm³/mol. The summed E-state index contributed by atoms with van der Waals surface area (Å²) in [7, 11) is 0. The number of carbonyl (C=O) groups is 2. The lowest BCUT2D eigenvalue weighted by Gasteiger charge is -2.24. The van der Waals surface area contributed by atoms with Gasteiger partial charge in [-0.1, -0.05) is 60.7 Å². The monoisotopic (exact) mass is 312 g/mol. The molecule has 0 aliphatic rings. The maximum absolute atomic E-state index is 11.4. The molecular weight excluding hydrogens is 292 g/mol. The average Bonchev–Trinajstić information content (AvgIpc) is 2.54. The number of rotatable bonds is 6. The minimum absolute atomic E-state index is 0.367. The Hall–Kier alpha value is -2.62. The first-order valence-corrected chi connectivity index (χ1v) is 7.50. The summed E-state index contributed by atoms with van der Waals surface area (Å²) in [6.45, 7) is 2.75. The van der Waals surface area contributed by atoms with Gasteiger partial charge in [0.15, 0.2) is 0 Å². The summed E-state index contributed by atoms with van der Waals surface area (Å²) in [6.07, 6.45) is -0.579. The summed E-state index contributed by atoms with van der Waals surface area (Å²) >= 11 is 0. The standard InChI is InChI=1S/C19H20O4/c1-14(20)22-18(16-9-5-3-6-10-16)13-19(23-15(2)21)17-11-7-4-8-12-17/h3-12,18-19H,13H2,1-2H3/t18-,19-/m1/s1. The van der Waals surface area contributed by atoms with Crippen molar-refractivity contribution in [2.24, 2.45) is 0 Å². The molecule has 0 N–H and O–H groups in total. The highest BCUT2D eigenvalue weighted by Gasteiger charge is 2.24. The summed E-state index contributed by atoms with van der Waals surface area (Å²) in [6, 6.07) is 18.9. The van der Waals surface area contributed by atoms with Crippen LogP contribution in [0.2, 0.25) is 0 Å². The molecule has 2 aromatic carbocycles. The van der Waals surface area contributed by atoms with Crippen molar-refractivity contribution >= 4 is 11.9 Å².